The number of hydrogen-bond donors (Lipinski definition) is 1. The molecule has 2 aliphatic heterocycles. The number of para-hydroxylation sites is 2. The zero-order valence-electron chi connectivity index (χ0n) is 15.6. The van der Waals surface area contributed by atoms with Crippen LogP contribution in [0.4, 0.5) is 0 Å². The minimum Gasteiger partial charge on any atom is -0.485 e. The summed E-state index contributed by atoms with van der Waals surface area (Å²) in [6.45, 7) is 8.54. The van der Waals surface area contributed by atoms with Crippen molar-refractivity contribution in [3.63, 3.8) is 0 Å². The number of carbonyl (C=O) groups is 2. The lowest BCUT2D eigenvalue weighted by atomic mass is 10.2. The van der Waals surface area contributed by atoms with Gasteiger partial charge in [-0.2, -0.15) is 0 Å². The number of piperazine rings is 1. The van der Waals surface area contributed by atoms with E-state index in [9.17, 15) is 9.59 Å². The van der Waals surface area contributed by atoms with E-state index >= 15 is 0 Å². The molecule has 0 spiro atoms. The third-order valence-corrected chi connectivity index (χ3v) is 4.77. The van der Waals surface area contributed by atoms with Crippen LogP contribution in [0.25, 0.3) is 0 Å². The molecule has 2 heterocycles. The van der Waals surface area contributed by atoms with E-state index < -0.39 is 6.10 Å². The van der Waals surface area contributed by atoms with Crippen LogP contribution < -0.4 is 14.8 Å². The summed E-state index contributed by atoms with van der Waals surface area (Å²) < 4.78 is 11.4. The molecule has 0 aromatic heterocycles. The van der Waals surface area contributed by atoms with Crippen molar-refractivity contribution in [3.8, 4) is 11.5 Å². The average Bonchev–Trinajstić information content (AvgIpc) is 2.66. The molecule has 1 aromatic carbocycles. The Bertz CT molecular complexity index is 656. The molecule has 1 saturated heterocycles. The zero-order valence-corrected chi connectivity index (χ0v) is 15.6. The third kappa shape index (κ3) is 4.09. The standard InChI is InChI=1S/C19H27N3O4/c1-13(2)20-18(23)14(3)21-8-10-22(11-9-21)19(24)17-12-25-15-6-4-5-7-16(15)26-17/h4-7,13-14,17H,8-12H2,1-3H3,(H,20,23)/t14-,17+/m1/s1. The number of fused-ring (bicyclic) bond motifs is 1. The monoisotopic (exact) mass is 361 g/mol. The van der Waals surface area contributed by atoms with E-state index in [-0.39, 0.29) is 30.5 Å². The Labute approximate surface area is 154 Å². The zero-order chi connectivity index (χ0) is 18.7. The highest BCUT2D eigenvalue weighted by molar-refractivity contribution is 5.83. The lowest BCUT2D eigenvalue weighted by molar-refractivity contribution is -0.143. The molecule has 3 rings (SSSR count). The van der Waals surface area contributed by atoms with Crippen molar-refractivity contribution in [2.75, 3.05) is 32.8 Å². The van der Waals surface area contributed by atoms with E-state index in [1.165, 1.54) is 0 Å². The highest BCUT2D eigenvalue weighted by atomic mass is 16.6. The van der Waals surface area contributed by atoms with Crippen LogP contribution in [-0.2, 0) is 9.59 Å². The van der Waals surface area contributed by atoms with Gasteiger partial charge in [-0.1, -0.05) is 12.1 Å². The highest BCUT2D eigenvalue weighted by Gasteiger charge is 2.34. The lowest BCUT2D eigenvalue weighted by Crippen LogP contribution is -2.58. The Balaban J connectivity index is 1.52. The predicted molar refractivity (Wildman–Crippen MR) is 97.2 cm³/mol. The van der Waals surface area contributed by atoms with Gasteiger partial charge in [0.05, 0.1) is 6.04 Å². The molecule has 142 valence electrons. The van der Waals surface area contributed by atoms with Crippen molar-refractivity contribution >= 4 is 11.8 Å². The molecule has 2 amide bonds. The third-order valence-electron chi connectivity index (χ3n) is 4.77. The van der Waals surface area contributed by atoms with Crippen LogP contribution in [0.5, 0.6) is 11.5 Å². The van der Waals surface area contributed by atoms with Crippen molar-refractivity contribution in [1.82, 2.24) is 15.1 Å². The molecule has 26 heavy (non-hydrogen) atoms. The van der Waals surface area contributed by atoms with Crippen molar-refractivity contribution in [1.29, 1.82) is 0 Å². The van der Waals surface area contributed by atoms with Crippen LogP contribution in [-0.4, -0.2) is 72.6 Å². The molecule has 1 fully saturated rings. The van der Waals surface area contributed by atoms with Crippen LogP contribution in [0.3, 0.4) is 0 Å². The smallest absolute Gasteiger partial charge is 0.267 e. The Morgan fingerprint density at radius 3 is 2.38 bits per heavy atom. The van der Waals surface area contributed by atoms with Crippen LogP contribution in [0.15, 0.2) is 24.3 Å². The molecule has 0 saturated carbocycles. The van der Waals surface area contributed by atoms with Gasteiger partial charge >= 0.3 is 0 Å². The van der Waals surface area contributed by atoms with E-state index in [1.807, 2.05) is 45.0 Å². The molecule has 1 aromatic rings. The Morgan fingerprint density at radius 1 is 1.08 bits per heavy atom. The molecule has 0 radical (unpaired) electrons. The van der Waals surface area contributed by atoms with Gasteiger partial charge < -0.3 is 19.7 Å². The topological polar surface area (TPSA) is 71.1 Å². The first-order chi connectivity index (χ1) is 12.5. The number of nitrogens with one attached hydrogen (secondary N) is 1. The first kappa shape index (κ1) is 18.5. The van der Waals surface area contributed by atoms with Gasteiger partial charge in [0.25, 0.3) is 5.91 Å². The second kappa shape index (κ2) is 7.95. The van der Waals surface area contributed by atoms with Crippen LogP contribution >= 0.6 is 0 Å². The first-order valence-electron chi connectivity index (χ1n) is 9.17. The molecule has 0 aliphatic carbocycles. The number of ether oxygens (including phenoxy) is 2. The van der Waals surface area contributed by atoms with Crippen molar-refractivity contribution < 1.29 is 19.1 Å². The van der Waals surface area contributed by atoms with E-state index in [0.717, 1.165) is 0 Å². The maximum atomic E-state index is 12.7. The van der Waals surface area contributed by atoms with Crippen molar-refractivity contribution in [3.05, 3.63) is 24.3 Å². The Hall–Kier alpha value is -2.28. The molecule has 2 aliphatic rings. The van der Waals surface area contributed by atoms with E-state index in [4.69, 9.17) is 9.47 Å². The number of amides is 2. The molecular weight excluding hydrogens is 334 g/mol. The van der Waals surface area contributed by atoms with Crippen molar-refractivity contribution in [2.45, 2.75) is 39.0 Å². The van der Waals surface area contributed by atoms with Gasteiger partial charge in [-0.15, -0.1) is 0 Å². The van der Waals surface area contributed by atoms with Gasteiger partial charge in [-0.3, -0.25) is 14.5 Å². The maximum Gasteiger partial charge on any atom is 0.267 e. The van der Waals surface area contributed by atoms with Crippen molar-refractivity contribution in [2.24, 2.45) is 0 Å². The summed E-state index contributed by atoms with van der Waals surface area (Å²) in [6.07, 6.45) is -0.613. The van der Waals surface area contributed by atoms with Gasteiger partial charge in [-0.25, -0.2) is 0 Å². The normalized spacial score (nSPS) is 21.4. The molecule has 1 N–H and O–H groups in total. The Kier molecular flexibility index (Phi) is 5.66. The fraction of sp³-hybridized carbons (Fsp3) is 0.579. The largest absolute Gasteiger partial charge is 0.485 e. The molecule has 7 nitrogen and oxygen atoms in total. The summed E-state index contributed by atoms with van der Waals surface area (Å²) in [4.78, 5) is 28.8. The SMILES string of the molecule is CC(C)NC(=O)[C@@H](C)N1CCN(C(=O)[C@@H]2COc3ccccc3O2)CC1. The number of nitrogens with zero attached hydrogens (tertiary/aromatic N) is 2. The second-order valence-corrected chi connectivity index (χ2v) is 7.06. The Morgan fingerprint density at radius 2 is 1.73 bits per heavy atom. The minimum absolute atomic E-state index is 0.0281. The first-order valence-corrected chi connectivity index (χ1v) is 9.17. The van der Waals surface area contributed by atoms with Gasteiger partial charge in [-0.05, 0) is 32.9 Å². The quantitative estimate of drug-likeness (QED) is 0.862. The fourth-order valence-corrected chi connectivity index (χ4v) is 3.25. The minimum atomic E-state index is -0.613. The summed E-state index contributed by atoms with van der Waals surface area (Å²) in [5.74, 6) is 1.25. The van der Waals surface area contributed by atoms with Gasteiger partial charge in [0.1, 0.15) is 6.61 Å². The summed E-state index contributed by atoms with van der Waals surface area (Å²) in [5.41, 5.74) is 0. The molecule has 0 unspecified atom stereocenters. The summed E-state index contributed by atoms with van der Waals surface area (Å²) in [6, 6.07) is 7.30. The van der Waals surface area contributed by atoms with Gasteiger partial charge in [0.2, 0.25) is 12.0 Å². The predicted octanol–water partition coefficient (Wildman–Crippen LogP) is 0.884. The van der Waals surface area contributed by atoms with E-state index in [1.54, 1.807) is 4.90 Å². The van der Waals surface area contributed by atoms with Crippen LogP contribution in [0.1, 0.15) is 20.8 Å². The number of carbonyl (C=O) groups excluding carboxylic acids is 2. The van der Waals surface area contributed by atoms with E-state index in [2.05, 4.69) is 10.2 Å². The highest BCUT2D eigenvalue weighted by Crippen LogP contribution is 2.31. The second-order valence-electron chi connectivity index (χ2n) is 7.06. The molecular formula is C19H27N3O4. The number of rotatable bonds is 4. The molecule has 2 atom stereocenters. The van der Waals surface area contributed by atoms with Crippen LogP contribution in [0.2, 0.25) is 0 Å². The summed E-state index contributed by atoms with van der Waals surface area (Å²) >= 11 is 0. The van der Waals surface area contributed by atoms with E-state index in [0.29, 0.717) is 37.7 Å². The maximum absolute atomic E-state index is 12.7. The fourth-order valence-electron chi connectivity index (χ4n) is 3.25. The van der Waals surface area contributed by atoms with Gasteiger partial charge in [0, 0.05) is 32.2 Å². The van der Waals surface area contributed by atoms with Gasteiger partial charge in [0.15, 0.2) is 11.5 Å². The molecule has 7 heteroatoms. The summed E-state index contributed by atoms with van der Waals surface area (Å²) in [7, 11) is 0. The lowest BCUT2D eigenvalue weighted by Gasteiger charge is -2.39. The number of hydrogen-bond acceptors (Lipinski definition) is 5. The van der Waals surface area contributed by atoms with Crippen LogP contribution in [0, 0.1) is 0 Å². The average molecular weight is 361 g/mol. The molecule has 0 bridgehead atoms. The number of benzene rings is 1. The summed E-state index contributed by atoms with van der Waals surface area (Å²) in [5, 5.41) is 2.94.